The molecule has 2 rings (SSSR count). The quantitative estimate of drug-likeness (QED) is 0.726. The highest BCUT2D eigenvalue weighted by atomic mass is 35.5. The lowest BCUT2D eigenvalue weighted by Gasteiger charge is -2.16. The third-order valence-electron chi connectivity index (χ3n) is 3.64. The Hall–Kier alpha value is -1.58. The molecule has 0 saturated heterocycles. The lowest BCUT2D eigenvalue weighted by Crippen LogP contribution is -2.07. The van der Waals surface area contributed by atoms with E-state index >= 15 is 0 Å². The third kappa shape index (κ3) is 3.85. The molecule has 0 aromatic heterocycles. The number of nitrogens with zero attached hydrogens (tertiary/aromatic N) is 1. The number of halogens is 2. The average molecular weight is 352 g/mol. The molecule has 1 N–H and O–H groups in total. The van der Waals surface area contributed by atoms with Gasteiger partial charge in [-0.3, -0.25) is 4.79 Å². The maximum Gasteiger partial charge on any atom is 0.215 e. The predicted octanol–water partition coefficient (Wildman–Crippen LogP) is 5.54. The molecule has 0 fully saturated rings. The predicted molar refractivity (Wildman–Crippen MR) is 96.3 cm³/mol. The molecule has 0 aliphatic heterocycles. The van der Waals surface area contributed by atoms with Crippen molar-refractivity contribution in [2.75, 3.05) is 0 Å². The van der Waals surface area contributed by atoms with Gasteiger partial charge in [0.2, 0.25) is 5.78 Å². The van der Waals surface area contributed by atoms with Gasteiger partial charge in [-0.1, -0.05) is 50.9 Å². The molecule has 0 heterocycles. The zero-order chi connectivity index (χ0) is 17.3. The van der Waals surface area contributed by atoms with Crippen LogP contribution in [0.2, 0.25) is 0 Å². The molecular weight excluding hydrogens is 333 g/mol. The van der Waals surface area contributed by atoms with Gasteiger partial charge in [-0.25, -0.2) is 4.99 Å². The number of allylic oxidation sites excluding steroid dienone is 4. The molecule has 0 unspecified atom stereocenters. The number of benzene rings is 1. The number of hydrogen-bond acceptors (Lipinski definition) is 3. The number of Topliss-reactive ketones (excluding diaryl/α,β-unsaturated/α-hetero) is 1. The summed E-state index contributed by atoms with van der Waals surface area (Å²) in [7, 11) is 0. The molecule has 0 amide bonds. The Morgan fingerprint density at radius 3 is 1.78 bits per heavy atom. The standard InChI is InChI=1S/C18H19Cl2NO2/c1-9(2)13-5-11(6-14(10(3)4)17(13)22)21-12-7-15(19)18(23)16(20)8-12/h5-10,22H,1-4H3. The number of carbonyl (C=O) groups excluding carboxylic acids is 1. The first-order chi connectivity index (χ1) is 10.7. The van der Waals surface area contributed by atoms with Crippen molar-refractivity contribution in [1.82, 2.24) is 0 Å². The summed E-state index contributed by atoms with van der Waals surface area (Å²) in [5.74, 6) is 0.251. The molecule has 0 atom stereocenters. The van der Waals surface area contributed by atoms with Gasteiger partial charge < -0.3 is 5.11 Å². The summed E-state index contributed by atoms with van der Waals surface area (Å²) in [5, 5.41) is 10.5. The van der Waals surface area contributed by atoms with Gasteiger partial charge in [-0.2, -0.15) is 0 Å². The van der Waals surface area contributed by atoms with Gasteiger partial charge in [-0.05, 0) is 47.2 Å². The number of ketones is 1. The maximum atomic E-state index is 11.6. The summed E-state index contributed by atoms with van der Waals surface area (Å²) in [6.07, 6.45) is 2.99. The Labute approximate surface area is 146 Å². The van der Waals surface area contributed by atoms with Crippen LogP contribution in [0.1, 0.15) is 50.7 Å². The van der Waals surface area contributed by atoms with E-state index < -0.39 is 5.78 Å². The van der Waals surface area contributed by atoms with Gasteiger partial charge in [0.05, 0.1) is 21.5 Å². The van der Waals surface area contributed by atoms with Crippen LogP contribution in [0, 0.1) is 0 Å². The minimum absolute atomic E-state index is 0.0446. The molecule has 1 aliphatic carbocycles. The number of phenols is 1. The van der Waals surface area contributed by atoms with Crippen molar-refractivity contribution in [2.24, 2.45) is 4.99 Å². The summed E-state index contributed by atoms with van der Waals surface area (Å²) < 4.78 is 0. The summed E-state index contributed by atoms with van der Waals surface area (Å²) in [4.78, 5) is 16.1. The molecule has 5 heteroatoms. The van der Waals surface area contributed by atoms with Gasteiger partial charge in [0.25, 0.3) is 0 Å². The van der Waals surface area contributed by atoms with Crippen molar-refractivity contribution < 1.29 is 9.90 Å². The van der Waals surface area contributed by atoms with Crippen molar-refractivity contribution in [3.05, 3.63) is 45.5 Å². The molecule has 0 saturated carbocycles. The van der Waals surface area contributed by atoms with Crippen molar-refractivity contribution >= 4 is 40.4 Å². The Morgan fingerprint density at radius 2 is 1.39 bits per heavy atom. The van der Waals surface area contributed by atoms with E-state index in [1.165, 1.54) is 12.2 Å². The Morgan fingerprint density at radius 1 is 0.957 bits per heavy atom. The maximum absolute atomic E-state index is 11.6. The van der Waals surface area contributed by atoms with Crippen LogP contribution in [0.25, 0.3) is 0 Å². The molecule has 1 aliphatic rings. The highest BCUT2D eigenvalue weighted by Crippen LogP contribution is 2.37. The zero-order valence-corrected chi connectivity index (χ0v) is 15.0. The summed E-state index contributed by atoms with van der Waals surface area (Å²) in [5.41, 5.74) is 2.89. The summed E-state index contributed by atoms with van der Waals surface area (Å²) in [6, 6.07) is 3.69. The first-order valence-electron chi connectivity index (χ1n) is 7.45. The normalized spacial score (nSPS) is 15.1. The molecule has 3 nitrogen and oxygen atoms in total. The molecule has 0 spiro atoms. The number of aliphatic imine (C=N–C) groups is 1. The fraction of sp³-hybridized carbons (Fsp3) is 0.333. The summed E-state index contributed by atoms with van der Waals surface area (Å²) >= 11 is 11.8. The first kappa shape index (κ1) is 17.8. The van der Waals surface area contributed by atoms with Crippen LogP contribution in [0.4, 0.5) is 5.69 Å². The second-order valence-electron chi connectivity index (χ2n) is 6.13. The molecule has 1 aromatic carbocycles. The molecule has 0 bridgehead atoms. The topological polar surface area (TPSA) is 49.7 Å². The molecule has 0 radical (unpaired) electrons. The van der Waals surface area contributed by atoms with E-state index in [0.717, 1.165) is 11.1 Å². The van der Waals surface area contributed by atoms with Gasteiger partial charge in [-0.15, -0.1) is 0 Å². The average Bonchev–Trinajstić information content (AvgIpc) is 2.45. The Balaban J connectivity index is 2.56. The van der Waals surface area contributed by atoms with E-state index in [1.807, 2.05) is 39.8 Å². The van der Waals surface area contributed by atoms with Gasteiger partial charge in [0, 0.05) is 0 Å². The van der Waals surface area contributed by atoms with Crippen LogP contribution in [-0.4, -0.2) is 16.6 Å². The van der Waals surface area contributed by atoms with E-state index in [4.69, 9.17) is 23.2 Å². The third-order valence-corrected chi connectivity index (χ3v) is 4.20. The van der Waals surface area contributed by atoms with E-state index in [9.17, 15) is 9.90 Å². The number of phenolic OH excluding ortho intramolecular Hbond substituents is 1. The number of hydrogen-bond donors (Lipinski definition) is 1. The molecule has 1 aromatic rings. The molecule has 122 valence electrons. The van der Waals surface area contributed by atoms with Crippen LogP contribution < -0.4 is 0 Å². The van der Waals surface area contributed by atoms with Crippen molar-refractivity contribution in [1.29, 1.82) is 0 Å². The monoisotopic (exact) mass is 351 g/mol. The van der Waals surface area contributed by atoms with Crippen molar-refractivity contribution in [3.63, 3.8) is 0 Å². The van der Waals surface area contributed by atoms with Crippen LogP contribution in [0.15, 0.2) is 39.3 Å². The van der Waals surface area contributed by atoms with Crippen LogP contribution >= 0.6 is 23.2 Å². The van der Waals surface area contributed by atoms with Gasteiger partial charge in [0.1, 0.15) is 5.75 Å². The fourth-order valence-electron chi connectivity index (χ4n) is 2.37. The molecule has 23 heavy (non-hydrogen) atoms. The minimum atomic E-state index is -0.399. The lowest BCUT2D eigenvalue weighted by atomic mass is 9.93. The SMILES string of the molecule is CC(C)c1cc(N=C2C=C(Cl)C(=O)C(Cl)=C2)cc(C(C)C)c1O. The zero-order valence-electron chi connectivity index (χ0n) is 13.5. The van der Waals surface area contributed by atoms with Crippen molar-refractivity contribution in [3.8, 4) is 5.75 Å². The smallest absolute Gasteiger partial charge is 0.215 e. The lowest BCUT2D eigenvalue weighted by molar-refractivity contribution is -0.111. The second kappa shape index (κ2) is 6.90. The first-order valence-corrected chi connectivity index (χ1v) is 8.20. The fourth-order valence-corrected chi connectivity index (χ4v) is 2.84. The van der Waals surface area contributed by atoms with Crippen molar-refractivity contribution in [2.45, 2.75) is 39.5 Å². The highest BCUT2D eigenvalue weighted by Gasteiger charge is 2.19. The number of carbonyl (C=O) groups is 1. The van der Waals surface area contributed by atoms with Crippen LogP contribution in [0.5, 0.6) is 5.75 Å². The van der Waals surface area contributed by atoms with E-state index in [0.29, 0.717) is 17.1 Å². The second-order valence-corrected chi connectivity index (χ2v) is 6.95. The van der Waals surface area contributed by atoms with E-state index in [1.54, 1.807) is 0 Å². The number of rotatable bonds is 3. The Bertz CT molecular complexity index is 690. The summed E-state index contributed by atoms with van der Waals surface area (Å²) in [6.45, 7) is 8.07. The number of aromatic hydroxyl groups is 1. The Kier molecular flexibility index (Phi) is 5.33. The van der Waals surface area contributed by atoms with Gasteiger partial charge >= 0.3 is 0 Å². The van der Waals surface area contributed by atoms with E-state index in [-0.39, 0.29) is 21.9 Å². The molecular formula is C18H19Cl2NO2. The van der Waals surface area contributed by atoms with E-state index in [2.05, 4.69) is 4.99 Å². The largest absolute Gasteiger partial charge is 0.507 e. The van der Waals surface area contributed by atoms with Crippen LogP contribution in [-0.2, 0) is 4.79 Å². The minimum Gasteiger partial charge on any atom is -0.507 e. The highest BCUT2D eigenvalue weighted by molar-refractivity contribution is 6.57. The van der Waals surface area contributed by atoms with Gasteiger partial charge in [0.15, 0.2) is 0 Å². The van der Waals surface area contributed by atoms with Crippen LogP contribution in [0.3, 0.4) is 0 Å².